The molecule has 1 saturated heterocycles. The molecular formula is C28H35NO5. The Kier molecular flexibility index (Phi) is 8.37. The number of carbonyl (C=O) groups is 2. The first-order valence-corrected chi connectivity index (χ1v) is 12.0. The van der Waals surface area contributed by atoms with Gasteiger partial charge in [0, 0.05) is 12.1 Å². The van der Waals surface area contributed by atoms with Crippen molar-refractivity contribution < 1.29 is 24.2 Å². The lowest BCUT2D eigenvalue weighted by Gasteiger charge is -2.25. The van der Waals surface area contributed by atoms with Gasteiger partial charge in [-0.3, -0.25) is 9.59 Å². The van der Waals surface area contributed by atoms with Gasteiger partial charge in [0.05, 0.1) is 24.8 Å². The van der Waals surface area contributed by atoms with E-state index in [9.17, 15) is 14.7 Å². The number of hydrogen-bond donors (Lipinski definition) is 1. The first-order valence-electron chi connectivity index (χ1n) is 12.0. The van der Waals surface area contributed by atoms with Crippen LogP contribution >= 0.6 is 0 Å². The third-order valence-electron chi connectivity index (χ3n) is 5.45. The van der Waals surface area contributed by atoms with Crippen molar-refractivity contribution in [3.63, 3.8) is 0 Å². The number of rotatable bonds is 10. The molecule has 34 heavy (non-hydrogen) atoms. The molecule has 1 fully saturated rings. The zero-order valence-corrected chi connectivity index (χ0v) is 20.7. The number of aliphatic hydroxyl groups excluding tert-OH is 1. The molecule has 1 aliphatic heterocycles. The van der Waals surface area contributed by atoms with Crippen molar-refractivity contribution in [3.8, 4) is 11.5 Å². The zero-order valence-electron chi connectivity index (χ0n) is 20.7. The highest BCUT2D eigenvalue weighted by atomic mass is 16.5. The van der Waals surface area contributed by atoms with Crippen LogP contribution in [-0.2, 0) is 9.59 Å². The van der Waals surface area contributed by atoms with Gasteiger partial charge < -0.3 is 19.5 Å². The Balaban J connectivity index is 2.06. The molecule has 182 valence electrons. The Morgan fingerprint density at radius 2 is 1.53 bits per heavy atom. The van der Waals surface area contributed by atoms with Crippen LogP contribution in [0.4, 0.5) is 0 Å². The Morgan fingerprint density at radius 3 is 2.12 bits per heavy atom. The maximum atomic E-state index is 13.1. The van der Waals surface area contributed by atoms with Gasteiger partial charge in [-0.05, 0) is 48.1 Å². The van der Waals surface area contributed by atoms with Crippen LogP contribution in [0.3, 0.4) is 0 Å². The highest BCUT2D eigenvalue weighted by Gasteiger charge is 2.45. The minimum Gasteiger partial charge on any atom is -0.507 e. The second kappa shape index (κ2) is 11.2. The highest BCUT2D eigenvalue weighted by molar-refractivity contribution is 6.46. The third kappa shape index (κ3) is 5.79. The molecule has 1 unspecified atom stereocenters. The minimum absolute atomic E-state index is 0.0838. The lowest BCUT2D eigenvalue weighted by atomic mass is 9.95. The van der Waals surface area contributed by atoms with Gasteiger partial charge in [0.25, 0.3) is 11.7 Å². The molecule has 6 heteroatoms. The number of carbonyl (C=O) groups excluding carboxylic acids is 2. The van der Waals surface area contributed by atoms with Gasteiger partial charge in [-0.2, -0.15) is 0 Å². The van der Waals surface area contributed by atoms with E-state index in [-0.39, 0.29) is 11.3 Å². The molecule has 1 N–H and O–H groups in total. The molecule has 3 rings (SSSR count). The molecule has 6 nitrogen and oxygen atoms in total. The lowest BCUT2D eigenvalue weighted by molar-refractivity contribution is -0.139. The van der Waals surface area contributed by atoms with E-state index in [0.717, 1.165) is 5.56 Å². The van der Waals surface area contributed by atoms with Crippen molar-refractivity contribution in [3.05, 3.63) is 65.2 Å². The third-order valence-corrected chi connectivity index (χ3v) is 5.45. The van der Waals surface area contributed by atoms with Gasteiger partial charge in [-0.25, -0.2) is 0 Å². The van der Waals surface area contributed by atoms with Crippen molar-refractivity contribution in [2.45, 2.75) is 47.1 Å². The Morgan fingerprint density at radius 1 is 0.941 bits per heavy atom. The number of benzene rings is 2. The largest absolute Gasteiger partial charge is 0.507 e. The van der Waals surface area contributed by atoms with E-state index in [4.69, 9.17) is 9.47 Å². The Hall–Kier alpha value is -3.28. The number of nitrogens with zero attached hydrogens (tertiary/aromatic N) is 1. The first-order chi connectivity index (χ1) is 16.2. The quantitative estimate of drug-likeness (QED) is 0.281. The number of amides is 1. The summed E-state index contributed by atoms with van der Waals surface area (Å²) >= 11 is 0. The van der Waals surface area contributed by atoms with Crippen molar-refractivity contribution in [2.24, 2.45) is 11.8 Å². The van der Waals surface area contributed by atoms with Crippen LogP contribution in [0.2, 0.25) is 0 Å². The van der Waals surface area contributed by atoms with E-state index in [2.05, 4.69) is 27.7 Å². The molecule has 2 aromatic carbocycles. The summed E-state index contributed by atoms with van der Waals surface area (Å²) in [6.45, 7) is 11.7. The Labute approximate surface area is 202 Å². The number of hydrogen-bond acceptors (Lipinski definition) is 5. The van der Waals surface area contributed by atoms with Crippen LogP contribution in [0, 0.1) is 11.8 Å². The van der Waals surface area contributed by atoms with Crippen molar-refractivity contribution in [2.75, 3.05) is 19.8 Å². The minimum atomic E-state index is -0.692. The van der Waals surface area contributed by atoms with Crippen molar-refractivity contribution in [1.82, 2.24) is 4.90 Å². The van der Waals surface area contributed by atoms with Crippen molar-refractivity contribution in [1.29, 1.82) is 0 Å². The summed E-state index contributed by atoms with van der Waals surface area (Å²) in [5.74, 6) is 0.484. The van der Waals surface area contributed by atoms with Crippen LogP contribution in [0.25, 0.3) is 5.76 Å². The smallest absolute Gasteiger partial charge is 0.295 e. The number of ether oxygens (including phenoxy) is 2. The molecule has 0 radical (unpaired) electrons. The zero-order chi connectivity index (χ0) is 24.8. The highest BCUT2D eigenvalue weighted by Crippen LogP contribution is 2.40. The SMILES string of the molecule is CCCN1C(=O)C(=O)/C(=C(\O)c2cccc(OCC(C)C)c2)C1c1cccc(OCC(C)C)c1. The number of likely N-dealkylation sites (tertiary alicyclic amines) is 1. The fourth-order valence-electron chi connectivity index (χ4n) is 3.89. The molecule has 0 aromatic heterocycles. The molecule has 0 aliphatic carbocycles. The number of Topliss-reactive ketones (excluding diaryl/α,β-unsaturated/α-hetero) is 1. The molecule has 0 saturated carbocycles. The summed E-state index contributed by atoms with van der Waals surface area (Å²) in [5.41, 5.74) is 1.25. The van der Waals surface area contributed by atoms with E-state index in [1.165, 1.54) is 4.90 Å². The fraction of sp³-hybridized carbons (Fsp3) is 0.429. The molecule has 0 spiro atoms. The second-order valence-corrected chi connectivity index (χ2v) is 9.50. The topological polar surface area (TPSA) is 76.1 Å². The maximum Gasteiger partial charge on any atom is 0.295 e. The fourth-order valence-corrected chi connectivity index (χ4v) is 3.89. The first kappa shape index (κ1) is 25.3. The van der Waals surface area contributed by atoms with E-state index in [1.807, 2.05) is 37.3 Å². The van der Waals surface area contributed by atoms with E-state index in [0.29, 0.717) is 55.1 Å². The molecule has 1 heterocycles. The molecule has 2 aromatic rings. The second-order valence-electron chi connectivity index (χ2n) is 9.50. The van der Waals surface area contributed by atoms with E-state index in [1.54, 1.807) is 18.2 Å². The summed E-state index contributed by atoms with van der Waals surface area (Å²) in [5, 5.41) is 11.3. The van der Waals surface area contributed by atoms with Gasteiger partial charge in [-0.15, -0.1) is 0 Å². The van der Waals surface area contributed by atoms with Gasteiger partial charge in [0.15, 0.2) is 0 Å². The summed E-state index contributed by atoms with van der Waals surface area (Å²) in [4.78, 5) is 27.6. The summed E-state index contributed by atoms with van der Waals surface area (Å²) in [6, 6.07) is 13.7. The molecule has 1 aliphatic rings. The normalized spacial score (nSPS) is 17.6. The van der Waals surface area contributed by atoms with Crippen LogP contribution < -0.4 is 9.47 Å². The molecular weight excluding hydrogens is 430 g/mol. The average Bonchev–Trinajstić information content (AvgIpc) is 3.06. The number of ketones is 1. The average molecular weight is 466 g/mol. The van der Waals surface area contributed by atoms with Gasteiger partial charge in [0.2, 0.25) is 0 Å². The van der Waals surface area contributed by atoms with Crippen LogP contribution in [0.5, 0.6) is 11.5 Å². The van der Waals surface area contributed by atoms with Gasteiger partial charge >= 0.3 is 0 Å². The summed E-state index contributed by atoms with van der Waals surface area (Å²) < 4.78 is 11.7. The van der Waals surface area contributed by atoms with Gasteiger partial charge in [-0.1, -0.05) is 58.9 Å². The van der Waals surface area contributed by atoms with Crippen LogP contribution in [-0.4, -0.2) is 41.5 Å². The summed E-state index contributed by atoms with van der Waals surface area (Å²) in [7, 11) is 0. The standard InChI is InChI=1S/C28H35NO5/c1-6-13-29-25(20-9-7-11-22(14-20)33-16-18(2)3)24(27(31)28(29)32)26(30)21-10-8-12-23(15-21)34-17-19(4)5/h7-12,14-15,18-19,25,30H,6,13,16-17H2,1-5H3/b26-24-. The maximum absolute atomic E-state index is 13.1. The van der Waals surface area contributed by atoms with Crippen molar-refractivity contribution >= 4 is 17.4 Å². The monoisotopic (exact) mass is 465 g/mol. The predicted octanol–water partition coefficient (Wildman–Crippen LogP) is 5.59. The Bertz CT molecular complexity index is 1060. The molecule has 1 amide bonds. The summed E-state index contributed by atoms with van der Waals surface area (Å²) in [6.07, 6.45) is 0.686. The van der Waals surface area contributed by atoms with E-state index >= 15 is 0 Å². The molecule has 1 atom stereocenters. The lowest BCUT2D eigenvalue weighted by Crippen LogP contribution is -2.30. The van der Waals surface area contributed by atoms with E-state index < -0.39 is 17.7 Å². The predicted molar refractivity (Wildman–Crippen MR) is 133 cm³/mol. The van der Waals surface area contributed by atoms with Gasteiger partial charge in [0.1, 0.15) is 17.3 Å². The number of aliphatic hydroxyl groups is 1. The molecule has 0 bridgehead atoms. The van der Waals surface area contributed by atoms with Crippen LogP contribution in [0.1, 0.15) is 58.2 Å². The van der Waals surface area contributed by atoms with Crippen LogP contribution in [0.15, 0.2) is 54.1 Å².